The van der Waals surface area contributed by atoms with E-state index in [1.165, 1.54) is 39.1 Å². The Kier molecular flexibility index (Phi) is 5.48. The number of fused-ring (bicyclic) bond motifs is 1. The lowest BCUT2D eigenvalue weighted by atomic mass is 9.99. The molecule has 1 unspecified atom stereocenters. The number of aromatic nitrogens is 4. The van der Waals surface area contributed by atoms with E-state index >= 15 is 0 Å². The maximum Gasteiger partial charge on any atom is 0.263 e. The van der Waals surface area contributed by atoms with Crippen LogP contribution in [0.15, 0.2) is 34.7 Å². The van der Waals surface area contributed by atoms with Crippen molar-refractivity contribution in [2.75, 3.05) is 5.32 Å². The number of hydrogen-bond acceptors (Lipinski definition) is 7. The van der Waals surface area contributed by atoms with Crippen LogP contribution in [0, 0.1) is 13.8 Å². The van der Waals surface area contributed by atoms with Crippen LogP contribution in [-0.4, -0.2) is 25.7 Å². The van der Waals surface area contributed by atoms with Gasteiger partial charge in [0.15, 0.2) is 0 Å². The summed E-state index contributed by atoms with van der Waals surface area (Å²) in [4.78, 5) is 31.2. The average molecular weight is 440 g/mol. The first kappa shape index (κ1) is 20.4. The standard InChI is InChI=1S/C21H21N5O2S2/c1-5-16-24-25-21(30-16)23-18(27)13(4)26-10-22-19-17(20(26)28)15(9-29-19)14-7-6-11(2)8-12(14)3/h6-10,13H,5H2,1-4H3,(H,23,25,27). The van der Waals surface area contributed by atoms with E-state index in [1.54, 1.807) is 6.92 Å². The monoisotopic (exact) mass is 439 g/mol. The number of nitrogens with zero attached hydrogens (tertiary/aromatic N) is 4. The van der Waals surface area contributed by atoms with Crippen molar-refractivity contribution in [1.29, 1.82) is 0 Å². The summed E-state index contributed by atoms with van der Waals surface area (Å²) in [5.74, 6) is -0.333. The van der Waals surface area contributed by atoms with E-state index in [2.05, 4.69) is 26.6 Å². The molecular formula is C21H21N5O2S2. The Morgan fingerprint density at radius 2 is 2.03 bits per heavy atom. The molecule has 1 amide bonds. The molecule has 0 aliphatic rings. The third kappa shape index (κ3) is 3.66. The molecule has 1 atom stereocenters. The number of aryl methyl sites for hydroxylation is 3. The topological polar surface area (TPSA) is 89.8 Å². The smallest absolute Gasteiger partial charge is 0.263 e. The summed E-state index contributed by atoms with van der Waals surface area (Å²) in [6, 6.07) is 5.41. The second kappa shape index (κ2) is 8.08. The molecule has 3 heterocycles. The van der Waals surface area contributed by atoms with Crippen molar-refractivity contribution in [3.8, 4) is 11.1 Å². The second-order valence-corrected chi connectivity index (χ2v) is 9.04. The summed E-state index contributed by atoms with van der Waals surface area (Å²) in [5.41, 5.74) is 3.88. The van der Waals surface area contributed by atoms with Gasteiger partial charge >= 0.3 is 0 Å². The molecular weight excluding hydrogens is 418 g/mol. The fourth-order valence-electron chi connectivity index (χ4n) is 3.32. The molecule has 4 aromatic rings. The maximum atomic E-state index is 13.3. The number of rotatable bonds is 5. The van der Waals surface area contributed by atoms with E-state index in [-0.39, 0.29) is 11.5 Å². The minimum Gasteiger partial charge on any atom is -0.299 e. The maximum absolute atomic E-state index is 13.3. The highest BCUT2D eigenvalue weighted by atomic mass is 32.1. The largest absolute Gasteiger partial charge is 0.299 e. The summed E-state index contributed by atoms with van der Waals surface area (Å²) in [7, 11) is 0. The van der Waals surface area contributed by atoms with Crippen LogP contribution in [0.4, 0.5) is 5.13 Å². The SMILES string of the molecule is CCc1nnc(NC(=O)C(C)n2cnc3scc(-c4ccc(C)cc4C)c3c2=O)s1. The van der Waals surface area contributed by atoms with Crippen molar-refractivity contribution in [2.24, 2.45) is 0 Å². The number of benzene rings is 1. The lowest BCUT2D eigenvalue weighted by Crippen LogP contribution is -2.31. The quantitative estimate of drug-likeness (QED) is 0.499. The number of anilines is 1. The summed E-state index contributed by atoms with van der Waals surface area (Å²) < 4.78 is 1.37. The Morgan fingerprint density at radius 1 is 1.23 bits per heavy atom. The van der Waals surface area contributed by atoms with Crippen molar-refractivity contribution >= 4 is 43.9 Å². The average Bonchev–Trinajstić information content (AvgIpc) is 3.35. The van der Waals surface area contributed by atoms with Gasteiger partial charge in [-0.15, -0.1) is 21.5 Å². The highest BCUT2D eigenvalue weighted by Crippen LogP contribution is 2.33. The second-order valence-electron chi connectivity index (χ2n) is 7.12. The third-order valence-corrected chi connectivity index (χ3v) is 6.86. The molecule has 0 spiro atoms. The molecule has 0 saturated heterocycles. The molecule has 0 bridgehead atoms. The first-order valence-corrected chi connectivity index (χ1v) is 11.3. The number of carbonyl (C=O) groups is 1. The van der Waals surface area contributed by atoms with Gasteiger partial charge in [0.2, 0.25) is 11.0 Å². The van der Waals surface area contributed by atoms with Crippen LogP contribution < -0.4 is 10.9 Å². The van der Waals surface area contributed by atoms with E-state index in [0.717, 1.165) is 28.1 Å². The van der Waals surface area contributed by atoms with Gasteiger partial charge in [-0.2, -0.15) is 0 Å². The molecule has 0 saturated carbocycles. The van der Waals surface area contributed by atoms with Crippen molar-refractivity contribution < 1.29 is 4.79 Å². The molecule has 30 heavy (non-hydrogen) atoms. The lowest BCUT2D eigenvalue weighted by Gasteiger charge is -2.14. The van der Waals surface area contributed by atoms with E-state index < -0.39 is 6.04 Å². The number of nitrogens with one attached hydrogen (secondary N) is 1. The molecule has 1 aromatic carbocycles. The highest BCUT2D eigenvalue weighted by Gasteiger charge is 2.21. The van der Waals surface area contributed by atoms with Crippen LogP contribution in [0.1, 0.15) is 36.0 Å². The van der Waals surface area contributed by atoms with Gasteiger partial charge in [-0.05, 0) is 38.3 Å². The number of carbonyl (C=O) groups excluding carboxylic acids is 1. The zero-order valence-corrected chi connectivity index (χ0v) is 18.7. The molecule has 1 N–H and O–H groups in total. The first-order valence-electron chi connectivity index (χ1n) is 9.58. The number of thiophene rings is 1. The van der Waals surface area contributed by atoms with Gasteiger partial charge in [-0.1, -0.05) is 42.0 Å². The fourth-order valence-corrected chi connectivity index (χ4v) is 4.90. The van der Waals surface area contributed by atoms with Crippen LogP contribution in [0.5, 0.6) is 0 Å². The minimum absolute atomic E-state index is 0.231. The predicted octanol–water partition coefficient (Wildman–Crippen LogP) is 4.36. The van der Waals surface area contributed by atoms with Crippen LogP contribution in [0.2, 0.25) is 0 Å². The van der Waals surface area contributed by atoms with Gasteiger partial charge in [-0.3, -0.25) is 19.5 Å². The highest BCUT2D eigenvalue weighted by molar-refractivity contribution is 7.17. The minimum atomic E-state index is -0.741. The lowest BCUT2D eigenvalue weighted by molar-refractivity contribution is -0.118. The molecule has 4 rings (SSSR count). The summed E-state index contributed by atoms with van der Waals surface area (Å²) in [6.07, 6.45) is 2.19. The Labute approximate surface area is 181 Å². The van der Waals surface area contributed by atoms with Crippen molar-refractivity contribution in [2.45, 2.75) is 40.2 Å². The van der Waals surface area contributed by atoms with Gasteiger partial charge in [0.25, 0.3) is 5.56 Å². The predicted molar refractivity (Wildman–Crippen MR) is 121 cm³/mol. The Balaban J connectivity index is 1.72. The zero-order valence-electron chi connectivity index (χ0n) is 17.1. The van der Waals surface area contributed by atoms with Gasteiger partial charge < -0.3 is 0 Å². The molecule has 0 radical (unpaired) electrons. The van der Waals surface area contributed by atoms with E-state index in [9.17, 15) is 9.59 Å². The molecule has 0 aliphatic heterocycles. The number of hydrogen-bond donors (Lipinski definition) is 1. The van der Waals surface area contributed by atoms with Gasteiger partial charge in [0, 0.05) is 10.9 Å². The fraction of sp³-hybridized carbons (Fsp3) is 0.286. The van der Waals surface area contributed by atoms with Crippen molar-refractivity contribution in [3.05, 3.63) is 56.4 Å². The first-order chi connectivity index (χ1) is 14.4. The molecule has 0 fully saturated rings. The van der Waals surface area contributed by atoms with Crippen LogP contribution >= 0.6 is 22.7 Å². The van der Waals surface area contributed by atoms with Crippen molar-refractivity contribution in [1.82, 2.24) is 19.7 Å². The van der Waals surface area contributed by atoms with Gasteiger partial charge in [-0.25, -0.2) is 4.98 Å². The van der Waals surface area contributed by atoms with E-state index in [4.69, 9.17) is 0 Å². The van der Waals surface area contributed by atoms with Crippen LogP contribution in [-0.2, 0) is 11.2 Å². The summed E-state index contributed by atoms with van der Waals surface area (Å²) in [5, 5.41) is 14.5. The summed E-state index contributed by atoms with van der Waals surface area (Å²) in [6.45, 7) is 7.72. The van der Waals surface area contributed by atoms with Crippen molar-refractivity contribution in [3.63, 3.8) is 0 Å². The Morgan fingerprint density at radius 3 is 2.73 bits per heavy atom. The third-order valence-electron chi connectivity index (χ3n) is 4.99. The van der Waals surface area contributed by atoms with E-state index in [1.807, 2.05) is 38.3 Å². The zero-order chi connectivity index (χ0) is 21.4. The normalized spacial score (nSPS) is 12.3. The van der Waals surface area contributed by atoms with Gasteiger partial charge in [0.05, 0.1) is 11.7 Å². The molecule has 9 heteroatoms. The Hall–Kier alpha value is -2.91. The van der Waals surface area contributed by atoms with Crippen LogP contribution in [0.25, 0.3) is 21.3 Å². The Bertz CT molecular complexity index is 1300. The number of amides is 1. The summed E-state index contributed by atoms with van der Waals surface area (Å²) >= 11 is 2.76. The van der Waals surface area contributed by atoms with E-state index in [0.29, 0.717) is 15.3 Å². The molecule has 3 aromatic heterocycles. The van der Waals surface area contributed by atoms with Gasteiger partial charge in [0.1, 0.15) is 15.9 Å². The molecule has 7 nitrogen and oxygen atoms in total. The molecule has 0 aliphatic carbocycles. The molecule has 154 valence electrons. The van der Waals surface area contributed by atoms with Crippen LogP contribution in [0.3, 0.4) is 0 Å².